The molecule has 0 unspecified atom stereocenters. The molecular formula is C14H27N. The summed E-state index contributed by atoms with van der Waals surface area (Å²) in [6.45, 7) is 8.05. The summed E-state index contributed by atoms with van der Waals surface area (Å²) in [6, 6.07) is 0. The van der Waals surface area contributed by atoms with Gasteiger partial charge in [0.25, 0.3) is 0 Å². The molecule has 1 aliphatic rings. The molecule has 1 heteroatoms. The smallest absolute Gasteiger partial charge is 0.0164 e. The van der Waals surface area contributed by atoms with Gasteiger partial charge in [0.15, 0.2) is 0 Å². The molecule has 0 bridgehead atoms. The van der Waals surface area contributed by atoms with Crippen LogP contribution in [-0.4, -0.2) is 13.6 Å². The fraction of sp³-hybridized carbons (Fsp3) is 0.857. The van der Waals surface area contributed by atoms with E-state index in [9.17, 15) is 0 Å². The highest BCUT2D eigenvalue weighted by molar-refractivity contribution is 5.09. The first kappa shape index (κ1) is 12.8. The maximum absolute atomic E-state index is 3.28. The number of likely N-dealkylation sites (N-methyl/N-ethyl adjacent to an activating group) is 1. The van der Waals surface area contributed by atoms with Gasteiger partial charge in [-0.1, -0.05) is 45.3 Å². The molecule has 1 fully saturated rings. The Morgan fingerprint density at radius 1 is 1.27 bits per heavy atom. The van der Waals surface area contributed by atoms with Crippen LogP contribution in [0.4, 0.5) is 0 Å². The van der Waals surface area contributed by atoms with Gasteiger partial charge in [0, 0.05) is 6.54 Å². The van der Waals surface area contributed by atoms with Gasteiger partial charge in [0.2, 0.25) is 0 Å². The number of hydrogen-bond acceptors (Lipinski definition) is 1. The van der Waals surface area contributed by atoms with E-state index in [1.165, 1.54) is 25.7 Å². The molecule has 0 spiro atoms. The minimum absolute atomic E-state index is 0.691. The van der Waals surface area contributed by atoms with Crippen LogP contribution >= 0.6 is 0 Å². The van der Waals surface area contributed by atoms with E-state index in [-0.39, 0.29) is 0 Å². The minimum Gasteiger partial charge on any atom is -0.316 e. The van der Waals surface area contributed by atoms with Gasteiger partial charge < -0.3 is 5.32 Å². The lowest BCUT2D eigenvalue weighted by Gasteiger charge is -2.25. The lowest BCUT2D eigenvalue weighted by molar-refractivity contribution is 0.328. The zero-order chi connectivity index (χ0) is 11.3. The Morgan fingerprint density at radius 3 is 2.33 bits per heavy atom. The Kier molecular flexibility index (Phi) is 5.38. The predicted molar refractivity (Wildman–Crippen MR) is 68.0 cm³/mol. The molecule has 1 aliphatic carbocycles. The fourth-order valence-electron chi connectivity index (χ4n) is 2.41. The van der Waals surface area contributed by atoms with E-state index in [1.807, 2.05) is 7.05 Å². The van der Waals surface area contributed by atoms with Gasteiger partial charge in [0.05, 0.1) is 0 Å². The lowest BCUT2D eigenvalue weighted by atomic mass is 9.81. The molecule has 0 aromatic carbocycles. The van der Waals surface area contributed by atoms with Crippen molar-refractivity contribution in [2.45, 2.75) is 46.5 Å². The first-order valence-electron chi connectivity index (χ1n) is 6.48. The molecule has 88 valence electrons. The Hall–Kier alpha value is -0.300. The van der Waals surface area contributed by atoms with Crippen molar-refractivity contribution < 1.29 is 0 Å². The van der Waals surface area contributed by atoms with Crippen molar-refractivity contribution in [1.29, 1.82) is 0 Å². The van der Waals surface area contributed by atoms with Crippen LogP contribution in [0.15, 0.2) is 11.6 Å². The quantitative estimate of drug-likeness (QED) is 0.697. The van der Waals surface area contributed by atoms with E-state index >= 15 is 0 Å². The molecule has 0 radical (unpaired) electrons. The molecule has 1 nitrogen and oxygen atoms in total. The van der Waals surface area contributed by atoms with Gasteiger partial charge in [-0.05, 0) is 37.6 Å². The Balaban J connectivity index is 2.50. The summed E-state index contributed by atoms with van der Waals surface area (Å²) in [7, 11) is 2.04. The number of allylic oxidation sites excluding steroid dienone is 1. The molecule has 0 atom stereocenters. The van der Waals surface area contributed by atoms with Gasteiger partial charge in [-0.25, -0.2) is 0 Å². The van der Waals surface area contributed by atoms with Crippen LogP contribution in [0.1, 0.15) is 46.5 Å². The van der Waals surface area contributed by atoms with Gasteiger partial charge in [-0.2, -0.15) is 0 Å². The lowest BCUT2D eigenvalue weighted by Crippen LogP contribution is -2.17. The second kappa shape index (κ2) is 6.32. The molecule has 1 rings (SSSR count). The third-order valence-electron chi connectivity index (χ3n) is 3.63. The van der Waals surface area contributed by atoms with Crippen molar-refractivity contribution in [3.05, 3.63) is 11.6 Å². The molecule has 0 saturated heterocycles. The Morgan fingerprint density at radius 2 is 1.87 bits per heavy atom. The number of rotatable bonds is 4. The van der Waals surface area contributed by atoms with Crippen LogP contribution in [0.5, 0.6) is 0 Å². The molecule has 0 amide bonds. The molecule has 1 saturated carbocycles. The summed E-state index contributed by atoms with van der Waals surface area (Å²) in [4.78, 5) is 0. The Labute approximate surface area is 95.3 Å². The normalized spacial score (nSPS) is 28.5. The highest BCUT2D eigenvalue weighted by atomic mass is 14.8. The summed E-state index contributed by atoms with van der Waals surface area (Å²) in [6.07, 6.45) is 8.20. The van der Waals surface area contributed by atoms with Gasteiger partial charge in [0.1, 0.15) is 0 Å². The monoisotopic (exact) mass is 209 g/mol. The number of nitrogens with one attached hydrogen (secondary N) is 1. The van der Waals surface area contributed by atoms with E-state index in [4.69, 9.17) is 0 Å². The molecule has 0 aliphatic heterocycles. The highest BCUT2D eigenvalue weighted by Crippen LogP contribution is 2.30. The standard InChI is InChI=1S/C14H27N/c1-11(2)14(10-15-4)9-13-7-5-12(3)6-8-13/h9,11-13,15H,5-8,10H2,1-4H3. The molecule has 0 aromatic rings. The summed E-state index contributed by atoms with van der Waals surface area (Å²) >= 11 is 0. The first-order valence-corrected chi connectivity index (χ1v) is 6.48. The second-order valence-electron chi connectivity index (χ2n) is 5.45. The average molecular weight is 209 g/mol. The van der Waals surface area contributed by atoms with Crippen LogP contribution in [0.2, 0.25) is 0 Å². The maximum Gasteiger partial charge on any atom is 0.0164 e. The van der Waals surface area contributed by atoms with E-state index in [2.05, 4.69) is 32.2 Å². The third-order valence-corrected chi connectivity index (χ3v) is 3.63. The second-order valence-corrected chi connectivity index (χ2v) is 5.45. The summed E-state index contributed by atoms with van der Waals surface area (Å²) < 4.78 is 0. The van der Waals surface area contributed by atoms with Crippen LogP contribution in [0, 0.1) is 17.8 Å². The van der Waals surface area contributed by atoms with Crippen molar-refractivity contribution in [3.63, 3.8) is 0 Å². The SMILES string of the molecule is CNCC(=CC1CCC(C)CC1)C(C)C. The van der Waals surface area contributed by atoms with Crippen LogP contribution in [0.3, 0.4) is 0 Å². The van der Waals surface area contributed by atoms with E-state index in [0.29, 0.717) is 5.92 Å². The average Bonchev–Trinajstić information content (AvgIpc) is 2.20. The van der Waals surface area contributed by atoms with Crippen LogP contribution in [-0.2, 0) is 0 Å². The molecule has 15 heavy (non-hydrogen) atoms. The third kappa shape index (κ3) is 4.38. The zero-order valence-electron chi connectivity index (χ0n) is 10.8. The maximum atomic E-state index is 3.28. The van der Waals surface area contributed by atoms with Crippen molar-refractivity contribution in [1.82, 2.24) is 5.32 Å². The van der Waals surface area contributed by atoms with Crippen LogP contribution in [0.25, 0.3) is 0 Å². The Bertz CT molecular complexity index is 197. The summed E-state index contributed by atoms with van der Waals surface area (Å²) in [5.41, 5.74) is 1.59. The molecule has 1 N–H and O–H groups in total. The topological polar surface area (TPSA) is 12.0 Å². The highest BCUT2D eigenvalue weighted by Gasteiger charge is 2.17. The van der Waals surface area contributed by atoms with Crippen molar-refractivity contribution in [2.24, 2.45) is 17.8 Å². The van der Waals surface area contributed by atoms with Crippen molar-refractivity contribution in [2.75, 3.05) is 13.6 Å². The number of hydrogen-bond donors (Lipinski definition) is 1. The minimum atomic E-state index is 0.691. The molecule has 0 heterocycles. The van der Waals surface area contributed by atoms with Gasteiger partial charge in [-0.3, -0.25) is 0 Å². The molecule has 0 aromatic heterocycles. The first-order chi connectivity index (χ1) is 7.13. The summed E-state index contributed by atoms with van der Waals surface area (Å²) in [5.74, 6) is 2.50. The van der Waals surface area contributed by atoms with E-state index in [0.717, 1.165) is 18.4 Å². The van der Waals surface area contributed by atoms with E-state index in [1.54, 1.807) is 5.57 Å². The molecular weight excluding hydrogens is 182 g/mol. The zero-order valence-corrected chi connectivity index (χ0v) is 10.8. The fourth-order valence-corrected chi connectivity index (χ4v) is 2.41. The van der Waals surface area contributed by atoms with Gasteiger partial charge in [-0.15, -0.1) is 0 Å². The van der Waals surface area contributed by atoms with Crippen molar-refractivity contribution in [3.8, 4) is 0 Å². The summed E-state index contributed by atoms with van der Waals surface area (Å²) in [5, 5.41) is 3.28. The van der Waals surface area contributed by atoms with Crippen LogP contribution < -0.4 is 5.32 Å². The van der Waals surface area contributed by atoms with E-state index < -0.39 is 0 Å². The largest absolute Gasteiger partial charge is 0.316 e. The predicted octanol–water partition coefficient (Wildman–Crippen LogP) is 3.61. The van der Waals surface area contributed by atoms with Crippen molar-refractivity contribution >= 4 is 0 Å². The van der Waals surface area contributed by atoms with Gasteiger partial charge >= 0.3 is 0 Å².